The van der Waals surface area contributed by atoms with Crippen LogP contribution in [0.4, 0.5) is 0 Å². The second kappa shape index (κ2) is 5.47. The maximum Gasteiger partial charge on any atom is 0.344 e. The molecule has 5 aliphatic rings. The van der Waals surface area contributed by atoms with E-state index in [2.05, 4.69) is 0 Å². The van der Waals surface area contributed by atoms with Crippen LogP contribution in [-0.2, 0) is 9.53 Å². The van der Waals surface area contributed by atoms with E-state index in [0.29, 0.717) is 17.4 Å². The molecule has 1 aromatic rings. The smallest absolute Gasteiger partial charge is 0.344 e. The molecule has 4 fully saturated rings. The average molecular weight is 354 g/mol. The van der Waals surface area contributed by atoms with Crippen LogP contribution in [0.5, 0.6) is 0 Å². The van der Waals surface area contributed by atoms with Crippen LogP contribution in [0.2, 0.25) is 0 Å². The van der Waals surface area contributed by atoms with E-state index in [0.717, 1.165) is 16.7 Å². The van der Waals surface area contributed by atoms with Gasteiger partial charge in [-0.1, -0.05) is 42.1 Å². The van der Waals surface area contributed by atoms with Crippen molar-refractivity contribution in [1.82, 2.24) is 0 Å². The van der Waals surface area contributed by atoms with Crippen LogP contribution in [0.15, 0.2) is 40.8 Å². The van der Waals surface area contributed by atoms with Gasteiger partial charge in [-0.3, -0.25) is 4.79 Å². The summed E-state index contributed by atoms with van der Waals surface area (Å²) in [6.45, 7) is 1.92. The van der Waals surface area contributed by atoms with Gasteiger partial charge in [-0.15, -0.1) is 0 Å². The summed E-state index contributed by atoms with van der Waals surface area (Å²) in [7, 11) is 0. The van der Waals surface area contributed by atoms with Gasteiger partial charge in [-0.05, 0) is 50.9 Å². The first-order valence-electron chi connectivity index (χ1n) is 9.30. The molecule has 0 aromatic heterocycles. The molecule has 0 N–H and O–H groups in total. The first-order chi connectivity index (χ1) is 12.1. The van der Waals surface area contributed by atoms with Crippen LogP contribution < -0.4 is 0 Å². The summed E-state index contributed by atoms with van der Waals surface area (Å²) in [5, 5.41) is 0. The summed E-state index contributed by atoms with van der Waals surface area (Å²) in [5.74, 6) is 1.95. The van der Waals surface area contributed by atoms with Gasteiger partial charge in [-0.2, -0.15) is 0 Å². The Bertz CT molecular complexity index is 752. The van der Waals surface area contributed by atoms with Gasteiger partial charge in [0.25, 0.3) is 0 Å². The normalized spacial score (nSPS) is 39.0. The molecule has 0 saturated heterocycles. The van der Waals surface area contributed by atoms with Gasteiger partial charge in [0, 0.05) is 22.3 Å². The Morgan fingerprint density at radius 2 is 1.64 bits per heavy atom. The number of hydrogen-bond acceptors (Lipinski definition) is 4. The van der Waals surface area contributed by atoms with Crippen molar-refractivity contribution in [3.8, 4) is 0 Å². The number of rotatable bonds is 2. The molecule has 0 amide bonds. The van der Waals surface area contributed by atoms with Crippen LogP contribution in [0, 0.1) is 23.7 Å². The van der Waals surface area contributed by atoms with Crippen LogP contribution >= 0.6 is 11.8 Å². The van der Waals surface area contributed by atoms with Gasteiger partial charge >= 0.3 is 5.97 Å². The Morgan fingerprint density at radius 3 is 2.20 bits per heavy atom. The van der Waals surface area contributed by atoms with Crippen molar-refractivity contribution in [2.24, 2.45) is 23.7 Å². The van der Waals surface area contributed by atoms with Gasteiger partial charge < -0.3 is 4.74 Å². The molecule has 3 nitrogen and oxygen atoms in total. The number of allylic oxidation sites excluding steroid dienone is 1. The monoisotopic (exact) mass is 354 g/mol. The van der Waals surface area contributed by atoms with Crippen LogP contribution in [0.3, 0.4) is 0 Å². The molecule has 25 heavy (non-hydrogen) atoms. The molecule has 4 aliphatic carbocycles. The minimum absolute atomic E-state index is 0.214. The fraction of sp³-hybridized carbons (Fsp3) is 0.524. The van der Waals surface area contributed by atoms with E-state index in [4.69, 9.17) is 4.74 Å². The van der Waals surface area contributed by atoms with Crippen molar-refractivity contribution in [3.63, 3.8) is 0 Å². The molecule has 6 rings (SSSR count). The fourth-order valence-electron chi connectivity index (χ4n) is 5.81. The molecule has 0 radical (unpaired) electrons. The Labute approximate surface area is 152 Å². The first kappa shape index (κ1) is 15.7. The van der Waals surface area contributed by atoms with E-state index < -0.39 is 10.9 Å². The summed E-state index contributed by atoms with van der Waals surface area (Å²) in [4.78, 5) is 26.2. The number of ketones is 1. The number of carbonyl (C=O) groups is 2. The molecule has 130 valence electrons. The highest BCUT2D eigenvalue weighted by molar-refractivity contribution is 8.04. The zero-order valence-electron chi connectivity index (χ0n) is 14.4. The predicted molar refractivity (Wildman–Crippen MR) is 96.9 cm³/mol. The highest BCUT2D eigenvalue weighted by Crippen LogP contribution is 2.65. The van der Waals surface area contributed by atoms with E-state index in [1.807, 2.05) is 25.1 Å². The van der Waals surface area contributed by atoms with E-state index in [-0.39, 0.29) is 11.4 Å². The maximum atomic E-state index is 12.9. The third-order valence-electron chi connectivity index (χ3n) is 6.66. The minimum Gasteiger partial charge on any atom is -0.443 e. The molecule has 1 aromatic carbocycles. The standard InChI is InChI=1S/C21H22O3S/c1-12-18(19(22)15-5-3-2-4-6-15)20(23)24-21(25-12)16-8-13-7-14(10-16)11-17(21)9-13/h2-6,13-14,16-17H,7-11H2,1H3. The zero-order valence-corrected chi connectivity index (χ0v) is 15.2. The molecule has 4 heteroatoms. The molecule has 1 aliphatic heterocycles. The van der Waals surface area contributed by atoms with Crippen LogP contribution in [0.25, 0.3) is 0 Å². The maximum absolute atomic E-state index is 12.9. The van der Waals surface area contributed by atoms with E-state index in [1.54, 1.807) is 23.9 Å². The first-order valence-corrected chi connectivity index (χ1v) is 10.1. The third kappa shape index (κ3) is 2.26. The lowest BCUT2D eigenvalue weighted by molar-refractivity contribution is -0.175. The number of hydrogen-bond donors (Lipinski definition) is 0. The molecular formula is C21H22O3S. The average Bonchev–Trinajstić information content (AvgIpc) is 2.59. The molecule has 0 unspecified atom stereocenters. The fourth-order valence-corrected chi connectivity index (χ4v) is 7.40. The van der Waals surface area contributed by atoms with Gasteiger partial charge in [0.1, 0.15) is 5.57 Å². The summed E-state index contributed by atoms with van der Waals surface area (Å²) < 4.78 is 6.12. The van der Waals surface area contributed by atoms with E-state index >= 15 is 0 Å². The van der Waals surface area contributed by atoms with Crippen molar-refractivity contribution >= 4 is 23.5 Å². The summed E-state index contributed by atoms with van der Waals surface area (Å²) >= 11 is 1.67. The second-order valence-corrected chi connectivity index (χ2v) is 9.60. The number of carbonyl (C=O) groups excluding carboxylic acids is 2. The Morgan fingerprint density at radius 1 is 1.04 bits per heavy atom. The topological polar surface area (TPSA) is 43.4 Å². The third-order valence-corrected chi connectivity index (χ3v) is 8.24. The number of Topliss-reactive ketones (excluding diaryl/α,β-unsaturated/α-hetero) is 1. The quantitative estimate of drug-likeness (QED) is 0.443. The molecule has 1 heterocycles. The van der Waals surface area contributed by atoms with Crippen molar-refractivity contribution in [2.45, 2.75) is 44.0 Å². The van der Waals surface area contributed by atoms with Gasteiger partial charge in [-0.25, -0.2) is 4.79 Å². The van der Waals surface area contributed by atoms with Crippen molar-refractivity contribution in [2.75, 3.05) is 0 Å². The van der Waals surface area contributed by atoms with Crippen molar-refractivity contribution < 1.29 is 14.3 Å². The van der Waals surface area contributed by atoms with Gasteiger partial charge in [0.05, 0.1) is 0 Å². The molecular weight excluding hydrogens is 332 g/mol. The van der Waals surface area contributed by atoms with E-state index in [9.17, 15) is 9.59 Å². The lowest BCUT2D eigenvalue weighted by Crippen LogP contribution is -2.59. The largest absolute Gasteiger partial charge is 0.443 e. The molecule has 0 atom stereocenters. The number of benzene rings is 1. The van der Waals surface area contributed by atoms with Gasteiger partial charge in [0.15, 0.2) is 4.93 Å². The summed E-state index contributed by atoms with van der Waals surface area (Å²) in [6, 6.07) is 9.03. The number of thioether (sulfide) groups is 1. The summed E-state index contributed by atoms with van der Waals surface area (Å²) in [5.41, 5.74) is 0.783. The van der Waals surface area contributed by atoms with Gasteiger partial charge in [0.2, 0.25) is 5.78 Å². The Hall–Kier alpha value is -1.55. The predicted octanol–water partition coefficient (Wildman–Crippen LogP) is 4.59. The highest BCUT2D eigenvalue weighted by Gasteiger charge is 2.62. The molecule has 1 spiro atoms. The number of ether oxygens (including phenoxy) is 1. The van der Waals surface area contributed by atoms with Crippen LogP contribution in [0.1, 0.15) is 49.4 Å². The SMILES string of the molecule is CC1=C(C(=O)c2ccccc2)C(=O)OC2(S1)C1CC3CC(C1)CC2C3. The highest BCUT2D eigenvalue weighted by atomic mass is 32.2. The molecule has 4 bridgehead atoms. The van der Waals surface area contributed by atoms with E-state index in [1.165, 1.54) is 32.1 Å². The molecule has 4 saturated carbocycles. The van der Waals surface area contributed by atoms with Crippen LogP contribution in [-0.4, -0.2) is 16.7 Å². The lowest BCUT2D eigenvalue weighted by atomic mass is 9.54. The Kier molecular flexibility index (Phi) is 3.43. The number of esters is 1. The van der Waals surface area contributed by atoms with Crippen molar-refractivity contribution in [3.05, 3.63) is 46.4 Å². The lowest BCUT2D eigenvalue weighted by Gasteiger charge is -2.60. The Balaban J connectivity index is 1.50. The summed E-state index contributed by atoms with van der Waals surface area (Å²) in [6.07, 6.45) is 6.10. The zero-order chi connectivity index (χ0) is 17.2. The minimum atomic E-state index is -0.408. The van der Waals surface area contributed by atoms with Crippen molar-refractivity contribution in [1.29, 1.82) is 0 Å². The second-order valence-electron chi connectivity index (χ2n) is 8.14.